The molecule has 2 unspecified atom stereocenters. The first-order valence-electron chi connectivity index (χ1n) is 16.7. The minimum Gasteiger partial charge on any atom is -0.443 e. The molecule has 4 rings (SSSR count). The van der Waals surface area contributed by atoms with Crippen LogP contribution in [0.25, 0.3) is 11.4 Å². The maximum Gasteiger partial charge on any atom is 0.414 e. The van der Waals surface area contributed by atoms with Crippen molar-refractivity contribution in [1.29, 1.82) is 5.41 Å². The van der Waals surface area contributed by atoms with Gasteiger partial charge in [0.05, 0.1) is 36.6 Å². The number of aromatic nitrogens is 2. The van der Waals surface area contributed by atoms with Gasteiger partial charge in [-0.05, 0) is 61.4 Å². The van der Waals surface area contributed by atoms with Crippen LogP contribution in [0.1, 0.15) is 51.0 Å². The van der Waals surface area contributed by atoms with Gasteiger partial charge in [-0.2, -0.15) is 4.98 Å². The van der Waals surface area contributed by atoms with Crippen LogP contribution in [-0.2, 0) is 24.6 Å². The van der Waals surface area contributed by atoms with Crippen molar-refractivity contribution in [2.75, 3.05) is 60.8 Å². The number of nitrogens with two attached hydrogens (primary N) is 1. The number of ether oxygens (including phenoxy) is 1. The summed E-state index contributed by atoms with van der Waals surface area (Å²) in [7, 11) is -4.92. The number of hydrogen-bond donors (Lipinski definition) is 5. The summed E-state index contributed by atoms with van der Waals surface area (Å²) in [6.07, 6.45) is 1.19. The Hall–Kier alpha value is -4.10. The number of hydrogen-bond acceptors (Lipinski definition) is 13. The summed E-state index contributed by atoms with van der Waals surface area (Å²) >= 11 is 0. The molecule has 2 heterocycles. The summed E-state index contributed by atoms with van der Waals surface area (Å²) < 4.78 is 59.4. The number of anilines is 2. The second-order valence-electron chi connectivity index (χ2n) is 12.2. The minimum absolute atomic E-state index is 0.00469. The van der Waals surface area contributed by atoms with E-state index in [4.69, 9.17) is 20.4 Å². The molecule has 2 atom stereocenters. The van der Waals surface area contributed by atoms with E-state index in [0.717, 1.165) is 24.1 Å². The summed E-state index contributed by atoms with van der Waals surface area (Å²) in [6.45, 7) is 6.51. The molecule has 1 amide bonds. The van der Waals surface area contributed by atoms with Crippen molar-refractivity contribution in [3.05, 3.63) is 60.0 Å². The Kier molecular flexibility index (Phi) is 15.8. The summed E-state index contributed by atoms with van der Waals surface area (Å²) in [5.41, 5.74) is 8.23. The van der Waals surface area contributed by atoms with Gasteiger partial charge in [0.2, 0.25) is 21.7 Å². The zero-order valence-corrected chi connectivity index (χ0v) is 31.2. The van der Waals surface area contributed by atoms with Gasteiger partial charge in [-0.1, -0.05) is 31.8 Å². The molecule has 0 saturated carbocycles. The number of rotatable bonds is 19. The number of likely N-dealkylation sites (N-methyl/N-ethyl adjacent to an activating group) is 1. The molecule has 16 nitrogen and oxygen atoms in total. The van der Waals surface area contributed by atoms with Crippen LogP contribution < -0.4 is 21.3 Å². The molecule has 0 bridgehead atoms. The van der Waals surface area contributed by atoms with E-state index in [-0.39, 0.29) is 42.9 Å². The van der Waals surface area contributed by atoms with E-state index in [1.165, 1.54) is 16.3 Å². The van der Waals surface area contributed by atoms with E-state index in [1.54, 1.807) is 55.5 Å². The maximum atomic E-state index is 12.2. The zero-order chi connectivity index (χ0) is 37.6. The second-order valence-corrected chi connectivity index (χ2v) is 16.6. The first-order chi connectivity index (χ1) is 24.1. The first-order valence-corrected chi connectivity index (χ1v) is 20.2. The Bertz CT molecular complexity index is 1770. The molecule has 0 aliphatic carbocycles. The number of sulfone groups is 1. The standard InChI is InChI=1S/C18H24N4O5S.C15H26N4O3S/c1-4-5-10-28(24,25)21(3)11-16-12-22(18(23)26-16)15-8-6-14(7-9-15)17-19-13(2)27-20-17;1-2-3-8-23(21,22)11-18-9-14(20)10-19-13-6-4-12(5-7-13)15(16)17/h6-9,16H,4-5,10-12H2,1-3H3;4-7,14,18-20H,2-3,8-11H2,1H3,(H3,16,17). The van der Waals surface area contributed by atoms with Gasteiger partial charge in [0.15, 0.2) is 9.84 Å². The van der Waals surface area contributed by atoms with Gasteiger partial charge >= 0.3 is 6.09 Å². The summed E-state index contributed by atoms with van der Waals surface area (Å²) in [6, 6.07) is 14.1. The molecular formula is C33H50N8O8S2. The SMILES string of the molecule is CCCCS(=O)(=O)CNCC(O)CNc1ccc(C(=N)N)cc1.CCCCS(=O)(=O)N(C)CC1CN(c2ccc(-c3noc(C)n3)cc2)C(=O)O1. The lowest BCUT2D eigenvalue weighted by atomic mass is 10.2. The molecule has 1 aliphatic rings. The highest BCUT2D eigenvalue weighted by Gasteiger charge is 2.35. The smallest absolute Gasteiger partial charge is 0.414 e. The lowest BCUT2D eigenvalue weighted by molar-refractivity contribution is 0.131. The van der Waals surface area contributed by atoms with Crippen LogP contribution in [0, 0.1) is 12.3 Å². The predicted octanol–water partition coefficient (Wildman–Crippen LogP) is 2.94. The molecule has 51 heavy (non-hydrogen) atoms. The molecule has 3 aromatic rings. The lowest BCUT2D eigenvalue weighted by Crippen LogP contribution is -2.37. The van der Waals surface area contributed by atoms with Gasteiger partial charge in [0.1, 0.15) is 11.9 Å². The van der Waals surface area contributed by atoms with Crippen molar-refractivity contribution < 1.29 is 36.0 Å². The Morgan fingerprint density at radius 2 is 1.71 bits per heavy atom. The van der Waals surface area contributed by atoms with Gasteiger partial charge in [-0.15, -0.1) is 0 Å². The van der Waals surface area contributed by atoms with Crippen LogP contribution in [0.3, 0.4) is 0 Å². The van der Waals surface area contributed by atoms with Crippen LogP contribution in [0.5, 0.6) is 0 Å². The number of nitrogens with one attached hydrogen (secondary N) is 3. The molecule has 1 aromatic heterocycles. The van der Waals surface area contributed by atoms with Gasteiger partial charge < -0.3 is 30.7 Å². The molecule has 2 aromatic carbocycles. The monoisotopic (exact) mass is 750 g/mol. The molecule has 282 valence electrons. The Morgan fingerprint density at radius 1 is 1.06 bits per heavy atom. The highest BCUT2D eigenvalue weighted by molar-refractivity contribution is 7.91. The van der Waals surface area contributed by atoms with E-state index < -0.39 is 38.2 Å². The number of nitrogen functional groups attached to an aromatic ring is 1. The third-order valence-electron chi connectivity index (χ3n) is 7.78. The number of sulfonamides is 1. The molecule has 0 spiro atoms. The number of carbonyl (C=O) groups is 1. The number of aliphatic hydroxyl groups excluding tert-OH is 1. The summed E-state index contributed by atoms with van der Waals surface area (Å²) in [5.74, 6) is 1.12. The molecular weight excluding hydrogens is 701 g/mol. The average molecular weight is 751 g/mol. The number of carbonyl (C=O) groups excluding carboxylic acids is 1. The highest BCUT2D eigenvalue weighted by atomic mass is 32.2. The van der Waals surface area contributed by atoms with Crippen molar-refractivity contribution in [1.82, 2.24) is 19.8 Å². The zero-order valence-electron chi connectivity index (χ0n) is 29.5. The number of amides is 1. The average Bonchev–Trinajstić information content (AvgIpc) is 3.70. The fourth-order valence-electron chi connectivity index (χ4n) is 4.81. The third-order valence-corrected chi connectivity index (χ3v) is 11.2. The van der Waals surface area contributed by atoms with Crippen LogP contribution >= 0.6 is 0 Å². The number of amidine groups is 1. The number of aliphatic hydroxyl groups is 1. The normalized spacial score (nSPS) is 15.3. The summed E-state index contributed by atoms with van der Waals surface area (Å²) in [5, 5.41) is 26.8. The maximum absolute atomic E-state index is 12.2. The third kappa shape index (κ3) is 13.5. The molecule has 18 heteroatoms. The van der Waals surface area contributed by atoms with Gasteiger partial charge in [0, 0.05) is 49.6 Å². The fraction of sp³-hybridized carbons (Fsp3) is 0.515. The lowest BCUT2D eigenvalue weighted by Gasteiger charge is -2.19. The van der Waals surface area contributed by atoms with E-state index >= 15 is 0 Å². The van der Waals surface area contributed by atoms with Gasteiger partial charge in [-0.3, -0.25) is 10.3 Å². The van der Waals surface area contributed by atoms with E-state index in [1.807, 2.05) is 13.8 Å². The number of cyclic esters (lactones) is 1. The van der Waals surface area contributed by atoms with Crippen molar-refractivity contribution in [2.24, 2.45) is 5.73 Å². The van der Waals surface area contributed by atoms with Crippen LogP contribution in [0.2, 0.25) is 0 Å². The Morgan fingerprint density at radius 3 is 2.29 bits per heavy atom. The molecule has 1 aliphatic heterocycles. The van der Waals surface area contributed by atoms with Gasteiger partial charge in [0.25, 0.3) is 0 Å². The molecule has 1 fully saturated rings. The van der Waals surface area contributed by atoms with Crippen molar-refractivity contribution in [3.63, 3.8) is 0 Å². The Balaban J connectivity index is 0.000000282. The van der Waals surface area contributed by atoms with E-state index in [0.29, 0.717) is 42.4 Å². The quantitative estimate of drug-likeness (QED) is 0.0877. The number of unbranched alkanes of at least 4 members (excludes halogenated alkanes) is 2. The second kappa shape index (κ2) is 19.5. The van der Waals surface area contributed by atoms with Crippen molar-refractivity contribution >= 4 is 43.2 Å². The van der Waals surface area contributed by atoms with Crippen molar-refractivity contribution in [3.8, 4) is 11.4 Å². The van der Waals surface area contributed by atoms with Crippen LogP contribution in [-0.4, -0.2) is 111 Å². The number of benzene rings is 2. The largest absolute Gasteiger partial charge is 0.443 e. The first kappa shape index (κ1) is 41.3. The Labute approximate surface area is 300 Å². The molecule has 0 radical (unpaired) electrons. The van der Waals surface area contributed by atoms with Crippen LogP contribution in [0.15, 0.2) is 53.1 Å². The topological polar surface area (TPSA) is 234 Å². The number of aryl methyl sites for hydroxylation is 1. The predicted molar refractivity (Wildman–Crippen MR) is 197 cm³/mol. The van der Waals surface area contributed by atoms with E-state index in [9.17, 15) is 26.7 Å². The van der Waals surface area contributed by atoms with Crippen LogP contribution in [0.4, 0.5) is 16.2 Å². The highest BCUT2D eigenvalue weighted by Crippen LogP contribution is 2.25. The number of nitrogens with zero attached hydrogens (tertiary/aromatic N) is 4. The molecule has 1 saturated heterocycles. The van der Waals surface area contributed by atoms with Crippen molar-refractivity contribution in [2.45, 2.75) is 58.7 Å². The molecule has 6 N–H and O–H groups in total. The minimum atomic E-state index is -3.34. The summed E-state index contributed by atoms with van der Waals surface area (Å²) in [4.78, 5) is 17.9. The van der Waals surface area contributed by atoms with Gasteiger partial charge in [-0.25, -0.2) is 25.9 Å². The fourth-order valence-corrected chi connectivity index (χ4v) is 7.47. The van der Waals surface area contributed by atoms with E-state index in [2.05, 4.69) is 20.8 Å².